The van der Waals surface area contributed by atoms with Gasteiger partial charge in [-0.1, -0.05) is 53.4 Å². The average molecular weight is 556 g/mol. The number of rotatable bonds is 9. The van der Waals surface area contributed by atoms with Crippen molar-refractivity contribution >= 4 is 29.5 Å². The highest BCUT2D eigenvalue weighted by atomic mass is 16.2. The third-order valence-electron chi connectivity index (χ3n) is 6.37. The van der Waals surface area contributed by atoms with Crippen molar-refractivity contribution in [1.82, 2.24) is 20.9 Å². The van der Waals surface area contributed by atoms with Crippen LogP contribution in [0.15, 0.2) is 0 Å². The maximum absolute atomic E-state index is 14.7. The number of nitrogens with two attached hydrogens (primary N) is 1. The van der Waals surface area contributed by atoms with Gasteiger partial charge in [0.15, 0.2) is 0 Å². The molecule has 0 bridgehead atoms. The number of amides is 5. The molecule has 1 unspecified atom stereocenters. The van der Waals surface area contributed by atoms with Gasteiger partial charge in [-0.3, -0.25) is 19.2 Å². The molecule has 0 spiro atoms. The smallest absolute Gasteiger partial charge is 0.315 e. The lowest BCUT2D eigenvalue weighted by molar-refractivity contribution is -0.144. The molecule has 5 N–H and O–H groups in total. The molecule has 2 aliphatic carbocycles. The van der Waals surface area contributed by atoms with Crippen molar-refractivity contribution < 1.29 is 54.1 Å². The number of nitrogens with zero attached hydrogens (tertiary/aromatic N) is 1. The van der Waals surface area contributed by atoms with Gasteiger partial charge in [-0.2, -0.15) is 0 Å². The van der Waals surface area contributed by atoms with Crippen LogP contribution < -0.4 is 21.7 Å². The molecule has 0 aromatic heterocycles. The topological polar surface area (TPSA) is 151 Å². The van der Waals surface area contributed by atoms with E-state index in [4.69, 9.17) is 35.9 Å². The number of carbonyl (C=O) groups excluding carboxylic acids is 5. The largest absolute Gasteiger partial charge is 0.363 e. The molecule has 1 aliphatic heterocycles. The second kappa shape index (κ2) is 10.5. The molecule has 1 saturated heterocycles. The Labute approximate surface area is 257 Å². The van der Waals surface area contributed by atoms with Gasteiger partial charge in [0.25, 0.3) is 5.91 Å². The van der Waals surface area contributed by atoms with E-state index in [0.717, 1.165) is 0 Å². The lowest BCUT2D eigenvalue weighted by Gasteiger charge is -2.36. The van der Waals surface area contributed by atoms with Gasteiger partial charge in [0.1, 0.15) is 12.1 Å². The first kappa shape index (κ1) is 11.8. The molecule has 3 fully saturated rings. The average Bonchev–Trinajstić information content (AvgIpc) is 3.53. The Morgan fingerprint density at radius 1 is 1.11 bits per heavy atom. The maximum Gasteiger partial charge on any atom is 0.315 e. The zero-order chi connectivity index (χ0) is 47.6. The van der Waals surface area contributed by atoms with Gasteiger partial charge in [-0.15, -0.1) is 0 Å². The summed E-state index contributed by atoms with van der Waals surface area (Å²) in [7, 11) is 0. The first-order chi connectivity index (χ1) is 26.2. The van der Waals surface area contributed by atoms with Gasteiger partial charge < -0.3 is 26.6 Å². The summed E-state index contributed by atoms with van der Waals surface area (Å²) < 4.78 is 179. The van der Waals surface area contributed by atoms with Gasteiger partial charge in [-0.05, 0) is 62.2 Å². The highest BCUT2D eigenvalue weighted by Crippen LogP contribution is 2.65. The number of primary amides is 1. The minimum atomic E-state index is -3.95. The van der Waals surface area contributed by atoms with Crippen LogP contribution in [-0.4, -0.2) is 64.6 Å². The number of carbonyl (C=O) groups is 5. The third kappa shape index (κ3) is 6.86. The molecule has 1 heterocycles. The van der Waals surface area contributed by atoms with E-state index in [1.807, 2.05) is 10.6 Å². The van der Waals surface area contributed by atoms with E-state index >= 15 is 0 Å². The van der Waals surface area contributed by atoms with E-state index in [-0.39, 0.29) is 0 Å². The fraction of sp³-hybridized carbons (Fsp3) is 0.821. The predicted molar refractivity (Wildman–Crippen MR) is 144 cm³/mol. The van der Waals surface area contributed by atoms with Gasteiger partial charge in [0.05, 0.1) is 6.04 Å². The molecule has 10 heteroatoms. The van der Waals surface area contributed by atoms with Crippen molar-refractivity contribution in [3.8, 4) is 0 Å². The van der Waals surface area contributed by atoms with Crippen molar-refractivity contribution in [2.75, 3.05) is 6.54 Å². The zero-order valence-corrected chi connectivity index (χ0v) is 21.1. The molecule has 0 radical (unpaired) electrons. The quantitative estimate of drug-likeness (QED) is 0.321. The fourth-order valence-corrected chi connectivity index (χ4v) is 4.60. The molecular weight excluding hydrogens is 486 g/mol. The Hall–Kier alpha value is -2.65. The first-order valence-electron chi connectivity index (χ1n) is 22.7. The molecule has 0 aromatic carbocycles. The summed E-state index contributed by atoms with van der Waals surface area (Å²) in [5, 5.41) is 6.26. The second-order valence-corrected chi connectivity index (χ2v) is 10.8. The normalized spacial score (nSPS) is 40.9. The minimum absolute atomic E-state index is 0.397. The molecular formula is C28H47N5O5. The molecule has 3 rings (SSSR count). The van der Waals surface area contributed by atoms with Crippen LogP contribution in [0.5, 0.6) is 0 Å². The summed E-state index contributed by atoms with van der Waals surface area (Å²) >= 11 is 0. The Kier molecular flexibility index (Phi) is 3.27. The van der Waals surface area contributed by atoms with E-state index in [0.29, 0.717) is 4.90 Å². The van der Waals surface area contributed by atoms with Crippen molar-refractivity contribution in [3.63, 3.8) is 0 Å². The number of urea groups is 1. The lowest BCUT2D eigenvalue weighted by Crippen LogP contribution is -2.60. The number of piperidine rings is 1. The van der Waals surface area contributed by atoms with Crippen LogP contribution in [0.2, 0.25) is 0 Å². The fourth-order valence-electron chi connectivity index (χ4n) is 4.60. The molecule has 38 heavy (non-hydrogen) atoms. The van der Waals surface area contributed by atoms with E-state index in [9.17, 15) is 24.0 Å². The van der Waals surface area contributed by atoms with Crippen LogP contribution in [0.3, 0.4) is 0 Å². The molecule has 3 aliphatic rings. The third-order valence-corrected chi connectivity index (χ3v) is 6.37. The molecule has 10 nitrogen and oxygen atoms in total. The van der Waals surface area contributed by atoms with Crippen LogP contribution in [0.1, 0.15) is 117 Å². The summed E-state index contributed by atoms with van der Waals surface area (Å²) in [4.78, 5) is 68.1. The van der Waals surface area contributed by atoms with Crippen LogP contribution in [0.4, 0.5) is 4.79 Å². The molecule has 214 valence electrons. The number of ketones is 1. The second-order valence-electron chi connectivity index (χ2n) is 10.8. The van der Waals surface area contributed by atoms with E-state index < -0.39 is 155 Å². The van der Waals surface area contributed by atoms with E-state index in [1.54, 1.807) is 0 Å². The van der Waals surface area contributed by atoms with Gasteiger partial charge >= 0.3 is 6.03 Å². The van der Waals surface area contributed by atoms with Gasteiger partial charge in [0, 0.05) is 42.2 Å². The molecule has 0 aromatic rings. The monoisotopic (exact) mass is 555 g/mol. The summed E-state index contributed by atoms with van der Waals surface area (Å²) in [5.41, 5.74) is -2.61. The zero-order valence-electron chi connectivity index (χ0n) is 43.1. The number of nitrogens with one attached hydrogen (secondary N) is 3. The highest BCUT2D eigenvalue weighted by Gasteiger charge is 2.69. The Balaban J connectivity index is 2.30. The number of likely N-dealkylation sites (tertiary alicyclic amines) is 1. The maximum atomic E-state index is 14.7. The summed E-state index contributed by atoms with van der Waals surface area (Å²) in [5.74, 6) is -14.0. The molecule has 2 saturated carbocycles. The summed E-state index contributed by atoms with van der Waals surface area (Å²) in [6.07, 6.45) is -13.5. The standard InChI is InChI=1S/C28H47N5O5/c1-26(2,3)13-18(31-25(38)32-27(4,5)6)24(37)33-14-16-19(28(16,7)8)20(33)23(36)30-17(21(34)22(29)35)12-15-10-9-11-15/h15-20H,9-14H2,1-8H3,(H2,29,35)(H,30,36)(H2,31,32,38)/t16-,17?,18-,19-,20-/m0/s1/i1D3,2D3,3D3,7D3,8D3,9D2,10D2,11D2,15D. The van der Waals surface area contributed by atoms with E-state index in [2.05, 4.69) is 5.32 Å². The summed E-state index contributed by atoms with van der Waals surface area (Å²) in [6.45, 7) is -15.5. The highest BCUT2D eigenvalue weighted by molar-refractivity contribution is 6.37. The van der Waals surface area contributed by atoms with Crippen molar-refractivity contribution in [2.45, 2.75) is 111 Å². The predicted octanol–water partition coefficient (Wildman–Crippen LogP) is 2.10. The molecule has 5 amide bonds. The lowest BCUT2D eigenvalue weighted by atomic mass is 9.80. The van der Waals surface area contributed by atoms with Crippen LogP contribution in [0, 0.1) is 28.6 Å². The number of hydrogen-bond acceptors (Lipinski definition) is 5. The Morgan fingerprint density at radius 3 is 2.32 bits per heavy atom. The van der Waals surface area contributed by atoms with Crippen molar-refractivity contribution in [1.29, 1.82) is 0 Å². The SMILES string of the molecule is [2H]C([2H])([2H])C1(C([2H])([2H])[2H])[C@@H]2[C@@H](C(=O)NC(CC3([2H])C([2H])([2H])C([2H])([2H])C3([2H])[2H])C(=O)C(N)=O)N(C(=O)[C@H](CC(C([2H])([2H])[2H])(C([2H])([2H])[2H])C([2H])([2H])[2H])NC(=O)NC(C)(C)C)C[C@@H]21. The number of fused-ring (bicyclic) bond motifs is 1. The van der Waals surface area contributed by atoms with Gasteiger partial charge in [-0.25, -0.2) is 4.79 Å². The minimum Gasteiger partial charge on any atom is -0.363 e. The number of hydrogen-bond donors (Lipinski definition) is 4. The Bertz CT molecular complexity index is 1690. The van der Waals surface area contributed by atoms with E-state index in [1.165, 1.54) is 20.8 Å². The van der Waals surface area contributed by atoms with Gasteiger partial charge in [0.2, 0.25) is 17.6 Å². The molecule has 5 atom stereocenters. The van der Waals surface area contributed by atoms with Crippen LogP contribution in [-0.2, 0) is 19.2 Å². The van der Waals surface area contributed by atoms with Crippen molar-refractivity contribution in [3.05, 3.63) is 0 Å². The number of Topliss-reactive ketones (excluding diaryl/α,β-unsaturated/α-hetero) is 1. The van der Waals surface area contributed by atoms with Crippen LogP contribution in [0.25, 0.3) is 0 Å². The first-order valence-corrected chi connectivity index (χ1v) is 11.7. The Morgan fingerprint density at radius 2 is 1.76 bits per heavy atom. The van der Waals surface area contributed by atoms with Crippen molar-refractivity contribution in [2.24, 2.45) is 34.3 Å². The van der Waals surface area contributed by atoms with Crippen LogP contribution >= 0.6 is 0 Å². The summed E-state index contributed by atoms with van der Waals surface area (Å²) in [6, 6.07) is -8.78.